The summed E-state index contributed by atoms with van der Waals surface area (Å²) in [7, 11) is 0. The first-order chi connectivity index (χ1) is 6.19. The van der Waals surface area contributed by atoms with Crippen LogP contribution in [0.3, 0.4) is 0 Å². The summed E-state index contributed by atoms with van der Waals surface area (Å²) in [5.41, 5.74) is 2.53. The molecule has 0 spiro atoms. The van der Waals surface area contributed by atoms with Gasteiger partial charge in [-0.15, -0.1) is 0 Å². The highest BCUT2D eigenvalue weighted by atomic mass is 35.5. The molecule has 0 aromatic heterocycles. The lowest BCUT2D eigenvalue weighted by molar-refractivity contribution is 0.0906. The molecule has 4 N–H and O–H groups in total. The van der Waals surface area contributed by atoms with Gasteiger partial charge in [-0.25, -0.2) is 0 Å². The average molecular weight is 204 g/mol. The van der Waals surface area contributed by atoms with Crippen LogP contribution in [0.1, 0.15) is 11.6 Å². The minimum atomic E-state index is -0.585. The Kier molecular flexibility index (Phi) is 3.50. The van der Waals surface area contributed by atoms with E-state index in [2.05, 4.69) is 0 Å². The van der Waals surface area contributed by atoms with Gasteiger partial charge in [0.1, 0.15) is 5.75 Å². The van der Waals surface area contributed by atoms with Gasteiger partial charge in [-0.1, -0.05) is 17.7 Å². The zero-order chi connectivity index (χ0) is 9.84. The molecule has 1 aromatic carbocycles. The third-order valence-corrected chi connectivity index (χ3v) is 2.02. The summed E-state index contributed by atoms with van der Waals surface area (Å²) in [6.45, 7) is -0.252. The lowest BCUT2D eigenvalue weighted by atomic mass is 10.1. The number of phenols is 1. The van der Waals surface area contributed by atoms with E-state index in [1.807, 2.05) is 5.48 Å². The van der Waals surface area contributed by atoms with Gasteiger partial charge in [0.2, 0.25) is 0 Å². The average Bonchev–Trinajstić information content (AvgIpc) is 2.13. The first kappa shape index (κ1) is 10.3. The number of rotatable bonds is 3. The first-order valence-corrected chi connectivity index (χ1v) is 4.05. The van der Waals surface area contributed by atoms with Crippen molar-refractivity contribution in [2.75, 3.05) is 6.61 Å². The number of hydroxylamine groups is 1. The predicted octanol–water partition coefficient (Wildman–Crippen LogP) is 1.06. The smallest absolute Gasteiger partial charge is 0.134 e. The molecule has 0 bridgehead atoms. The topological polar surface area (TPSA) is 72.7 Å². The van der Waals surface area contributed by atoms with Crippen LogP contribution in [-0.4, -0.2) is 22.0 Å². The Labute approximate surface area is 80.4 Å². The van der Waals surface area contributed by atoms with Crippen molar-refractivity contribution in [2.24, 2.45) is 0 Å². The van der Waals surface area contributed by atoms with Crippen LogP contribution in [0.15, 0.2) is 18.2 Å². The second-order valence-corrected chi connectivity index (χ2v) is 2.98. The van der Waals surface area contributed by atoms with Crippen LogP contribution < -0.4 is 5.48 Å². The Balaban J connectivity index is 2.95. The maximum atomic E-state index is 9.09. The highest BCUT2D eigenvalue weighted by Crippen LogP contribution is 2.26. The van der Waals surface area contributed by atoms with Crippen LogP contribution in [-0.2, 0) is 0 Å². The molecule has 4 nitrogen and oxygen atoms in total. The Bertz CT molecular complexity index is 289. The number of hydrogen-bond donors (Lipinski definition) is 4. The Morgan fingerprint density at radius 3 is 2.62 bits per heavy atom. The van der Waals surface area contributed by atoms with Gasteiger partial charge in [-0.2, -0.15) is 5.48 Å². The molecule has 1 rings (SSSR count). The van der Waals surface area contributed by atoms with E-state index in [0.717, 1.165) is 0 Å². The molecule has 0 amide bonds. The maximum absolute atomic E-state index is 9.09. The molecule has 0 aliphatic heterocycles. The molecule has 0 aliphatic carbocycles. The van der Waals surface area contributed by atoms with Crippen molar-refractivity contribution in [1.29, 1.82) is 0 Å². The van der Waals surface area contributed by atoms with Crippen LogP contribution in [0.4, 0.5) is 0 Å². The van der Waals surface area contributed by atoms with Crippen LogP contribution in [0, 0.1) is 0 Å². The molecule has 1 aromatic rings. The zero-order valence-electron chi connectivity index (χ0n) is 6.74. The molecule has 0 unspecified atom stereocenters. The van der Waals surface area contributed by atoms with Gasteiger partial charge >= 0.3 is 0 Å². The largest absolute Gasteiger partial charge is 0.506 e. The molecule has 0 fully saturated rings. The second-order valence-electron chi connectivity index (χ2n) is 2.58. The molecule has 0 radical (unpaired) electrons. The van der Waals surface area contributed by atoms with E-state index < -0.39 is 6.04 Å². The van der Waals surface area contributed by atoms with Gasteiger partial charge < -0.3 is 15.4 Å². The summed E-state index contributed by atoms with van der Waals surface area (Å²) in [6.07, 6.45) is 0. The molecule has 72 valence electrons. The van der Waals surface area contributed by atoms with Crippen molar-refractivity contribution < 1.29 is 15.4 Å². The van der Waals surface area contributed by atoms with E-state index in [9.17, 15) is 0 Å². The molecule has 0 saturated carbocycles. The summed E-state index contributed by atoms with van der Waals surface area (Å²) < 4.78 is 0. The van der Waals surface area contributed by atoms with Crippen molar-refractivity contribution in [2.45, 2.75) is 6.04 Å². The highest BCUT2D eigenvalue weighted by molar-refractivity contribution is 6.32. The molecular formula is C8H10ClNO3. The molecule has 13 heavy (non-hydrogen) atoms. The van der Waals surface area contributed by atoms with Crippen molar-refractivity contribution in [3.63, 3.8) is 0 Å². The fraction of sp³-hybridized carbons (Fsp3) is 0.250. The Morgan fingerprint density at radius 1 is 1.46 bits per heavy atom. The van der Waals surface area contributed by atoms with Gasteiger partial charge in [0.15, 0.2) is 0 Å². The fourth-order valence-electron chi connectivity index (χ4n) is 0.961. The van der Waals surface area contributed by atoms with Crippen LogP contribution >= 0.6 is 11.6 Å². The predicted molar refractivity (Wildman–Crippen MR) is 47.9 cm³/mol. The zero-order valence-corrected chi connectivity index (χ0v) is 7.49. The quantitative estimate of drug-likeness (QED) is 0.555. The second kappa shape index (κ2) is 4.43. The normalized spacial score (nSPS) is 12.8. The minimum Gasteiger partial charge on any atom is -0.506 e. The minimum absolute atomic E-state index is 0.0277. The first-order valence-electron chi connectivity index (χ1n) is 3.68. The standard InChI is InChI=1S/C8H10ClNO3/c9-6-3-5(1-2-8(6)12)7(4-11)10-13/h1-3,7,10-13H,4H2/t7-/m0/s1. The van der Waals surface area contributed by atoms with Crippen molar-refractivity contribution in [3.8, 4) is 5.75 Å². The van der Waals surface area contributed by atoms with E-state index >= 15 is 0 Å². The molecular weight excluding hydrogens is 194 g/mol. The van der Waals surface area contributed by atoms with E-state index in [-0.39, 0.29) is 17.4 Å². The van der Waals surface area contributed by atoms with Crippen molar-refractivity contribution in [1.82, 2.24) is 5.48 Å². The van der Waals surface area contributed by atoms with Gasteiger partial charge in [-0.3, -0.25) is 0 Å². The van der Waals surface area contributed by atoms with Gasteiger partial charge in [0.05, 0.1) is 17.7 Å². The lowest BCUT2D eigenvalue weighted by Gasteiger charge is -2.12. The van der Waals surface area contributed by atoms with E-state index in [1.54, 1.807) is 6.07 Å². The Hall–Kier alpha value is -0.810. The maximum Gasteiger partial charge on any atom is 0.134 e. The van der Waals surface area contributed by atoms with Crippen molar-refractivity contribution >= 4 is 11.6 Å². The van der Waals surface area contributed by atoms with Crippen molar-refractivity contribution in [3.05, 3.63) is 28.8 Å². The molecule has 0 saturated heterocycles. The summed E-state index contributed by atoms with van der Waals surface area (Å²) in [5, 5.41) is 26.7. The number of nitrogens with one attached hydrogen (secondary N) is 1. The van der Waals surface area contributed by atoms with E-state index in [1.165, 1.54) is 12.1 Å². The molecule has 0 heterocycles. The monoisotopic (exact) mass is 203 g/mol. The van der Waals surface area contributed by atoms with Gasteiger partial charge in [0, 0.05) is 0 Å². The fourth-order valence-corrected chi connectivity index (χ4v) is 1.15. The molecule has 1 atom stereocenters. The van der Waals surface area contributed by atoms with E-state index in [4.69, 9.17) is 27.0 Å². The molecule has 0 aliphatic rings. The summed E-state index contributed by atoms with van der Waals surface area (Å²) in [4.78, 5) is 0. The number of benzene rings is 1. The number of hydrogen-bond acceptors (Lipinski definition) is 4. The van der Waals surface area contributed by atoms with Gasteiger partial charge in [-0.05, 0) is 17.7 Å². The number of aliphatic hydroxyl groups is 1. The molecule has 5 heteroatoms. The number of phenolic OH excluding ortho intramolecular Hbond substituents is 1. The summed E-state index contributed by atoms with van der Waals surface area (Å²) in [5.74, 6) is -0.0277. The third kappa shape index (κ3) is 2.32. The number of aliphatic hydroxyl groups excluding tert-OH is 1. The number of aromatic hydroxyl groups is 1. The van der Waals surface area contributed by atoms with Crippen LogP contribution in [0.25, 0.3) is 0 Å². The third-order valence-electron chi connectivity index (χ3n) is 1.71. The lowest BCUT2D eigenvalue weighted by Crippen LogP contribution is -2.20. The van der Waals surface area contributed by atoms with Crippen LogP contribution in [0.5, 0.6) is 5.75 Å². The van der Waals surface area contributed by atoms with Gasteiger partial charge in [0.25, 0.3) is 0 Å². The highest BCUT2D eigenvalue weighted by Gasteiger charge is 2.10. The Morgan fingerprint density at radius 2 is 2.15 bits per heavy atom. The number of halogens is 1. The van der Waals surface area contributed by atoms with E-state index in [0.29, 0.717) is 5.56 Å². The summed E-state index contributed by atoms with van der Waals surface area (Å²) in [6, 6.07) is 3.85. The SMILES string of the molecule is OC[C@H](NO)c1ccc(O)c(Cl)c1. The van der Waals surface area contributed by atoms with Crippen LogP contribution in [0.2, 0.25) is 5.02 Å². The summed E-state index contributed by atoms with van der Waals surface area (Å²) >= 11 is 5.63.